The van der Waals surface area contributed by atoms with E-state index in [0.29, 0.717) is 26.1 Å². The minimum Gasteiger partial charge on any atom is -0.369 e. The molecule has 0 aromatic heterocycles. The van der Waals surface area contributed by atoms with E-state index in [2.05, 4.69) is 0 Å². The number of amides is 2. The molecule has 2 amide bonds. The van der Waals surface area contributed by atoms with Gasteiger partial charge in [-0.05, 0) is 6.42 Å². The Balaban J connectivity index is 2.29. The Kier molecular flexibility index (Phi) is 4.55. The van der Waals surface area contributed by atoms with Crippen LogP contribution in [0.15, 0.2) is 0 Å². The molecule has 1 aliphatic heterocycles. The second-order valence-corrected chi connectivity index (χ2v) is 3.87. The van der Waals surface area contributed by atoms with Gasteiger partial charge in [-0.2, -0.15) is 0 Å². The van der Waals surface area contributed by atoms with Gasteiger partial charge < -0.3 is 10.6 Å². The molecule has 0 aliphatic carbocycles. The zero-order chi connectivity index (χ0) is 11.3. The van der Waals surface area contributed by atoms with E-state index in [1.165, 1.54) is 0 Å². The number of nitrogens with two attached hydrogens (primary N) is 1. The molecular weight excluding hydrogens is 194 g/mol. The van der Waals surface area contributed by atoms with Crippen LogP contribution in [0.1, 0.15) is 19.8 Å². The van der Waals surface area contributed by atoms with Gasteiger partial charge in [-0.25, -0.2) is 0 Å². The highest BCUT2D eigenvalue weighted by Gasteiger charge is 2.20. The third-order valence-corrected chi connectivity index (χ3v) is 2.57. The number of primary amides is 1. The lowest BCUT2D eigenvalue weighted by molar-refractivity contribution is -0.133. The van der Waals surface area contributed by atoms with E-state index >= 15 is 0 Å². The normalized spacial score (nSPS) is 17.8. The summed E-state index contributed by atoms with van der Waals surface area (Å²) in [6.45, 7) is 5.23. The van der Waals surface area contributed by atoms with Crippen LogP contribution in [0, 0.1) is 0 Å². The highest BCUT2D eigenvalue weighted by Crippen LogP contribution is 2.04. The maximum atomic E-state index is 11.5. The Hall–Kier alpha value is -1.10. The van der Waals surface area contributed by atoms with Crippen LogP contribution in [0.4, 0.5) is 0 Å². The molecule has 86 valence electrons. The van der Waals surface area contributed by atoms with Crippen LogP contribution in [0.25, 0.3) is 0 Å². The first-order chi connectivity index (χ1) is 7.13. The van der Waals surface area contributed by atoms with Crippen molar-refractivity contribution in [2.45, 2.75) is 19.8 Å². The maximum Gasteiger partial charge on any atom is 0.231 e. The summed E-state index contributed by atoms with van der Waals surface area (Å²) in [6, 6.07) is 0. The monoisotopic (exact) mass is 213 g/mol. The minimum atomic E-state index is -0.302. The van der Waals surface area contributed by atoms with Crippen molar-refractivity contribution in [1.29, 1.82) is 0 Å². The van der Waals surface area contributed by atoms with Crippen molar-refractivity contribution >= 4 is 11.8 Å². The molecule has 0 aromatic carbocycles. The summed E-state index contributed by atoms with van der Waals surface area (Å²) in [7, 11) is 0. The van der Waals surface area contributed by atoms with Gasteiger partial charge in [-0.3, -0.25) is 14.5 Å². The molecule has 1 fully saturated rings. The van der Waals surface area contributed by atoms with Crippen LogP contribution in [0.3, 0.4) is 0 Å². The van der Waals surface area contributed by atoms with E-state index in [0.717, 1.165) is 19.5 Å². The molecule has 1 heterocycles. The molecule has 5 heteroatoms. The van der Waals surface area contributed by atoms with Gasteiger partial charge in [0.1, 0.15) is 0 Å². The van der Waals surface area contributed by atoms with Gasteiger partial charge >= 0.3 is 0 Å². The van der Waals surface area contributed by atoms with Gasteiger partial charge in [-0.1, -0.05) is 6.92 Å². The Morgan fingerprint density at radius 3 is 2.27 bits per heavy atom. The van der Waals surface area contributed by atoms with Crippen molar-refractivity contribution in [3.63, 3.8) is 0 Å². The SMILES string of the molecule is CCCC(=O)N1CCN(CC(N)=O)CC1. The number of rotatable bonds is 4. The number of hydrogen-bond acceptors (Lipinski definition) is 3. The fourth-order valence-corrected chi connectivity index (χ4v) is 1.75. The first-order valence-corrected chi connectivity index (χ1v) is 5.42. The lowest BCUT2D eigenvalue weighted by Gasteiger charge is -2.34. The number of carbonyl (C=O) groups excluding carboxylic acids is 2. The highest BCUT2D eigenvalue weighted by molar-refractivity contribution is 5.77. The van der Waals surface area contributed by atoms with Crippen LogP contribution in [-0.2, 0) is 9.59 Å². The molecule has 15 heavy (non-hydrogen) atoms. The summed E-state index contributed by atoms with van der Waals surface area (Å²) in [5.41, 5.74) is 5.10. The summed E-state index contributed by atoms with van der Waals surface area (Å²) in [5, 5.41) is 0. The van der Waals surface area contributed by atoms with Crippen molar-refractivity contribution in [3.05, 3.63) is 0 Å². The molecule has 0 spiro atoms. The summed E-state index contributed by atoms with van der Waals surface area (Å²) < 4.78 is 0. The fourth-order valence-electron chi connectivity index (χ4n) is 1.75. The summed E-state index contributed by atoms with van der Waals surface area (Å²) in [6.07, 6.45) is 1.51. The number of hydrogen-bond donors (Lipinski definition) is 1. The lowest BCUT2D eigenvalue weighted by atomic mass is 10.2. The van der Waals surface area contributed by atoms with Gasteiger partial charge in [0.15, 0.2) is 0 Å². The Labute approximate surface area is 90.2 Å². The summed E-state index contributed by atoms with van der Waals surface area (Å²) in [4.78, 5) is 26.1. The molecule has 1 saturated heterocycles. The first-order valence-electron chi connectivity index (χ1n) is 5.42. The van der Waals surface area contributed by atoms with Crippen molar-refractivity contribution in [2.75, 3.05) is 32.7 Å². The summed E-state index contributed by atoms with van der Waals surface area (Å²) >= 11 is 0. The highest BCUT2D eigenvalue weighted by atomic mass is 16.2. The second-order valence-electron chi connectivity index (χ2n) is 3.87. The van der Waals surface area contributed by atoms with Crippen LogP contribution >= 0.6 is 0 Å². The largest absolute Gasteiger partial charge is 0.369 e. The van der Waals surface area contributed by atoms with Crippen molar-refractivity contribution < 1.29 is 9.59 Å². The topological polar surface area (TPSA) is 66.6 Å². The quantitative estimate of drug-likeness (QED) is 0.679. The molecule has 2 N–H and O–H groups in total. The van der Waals surface area contributed by atoms with E-state index < -0.39 is 0 Å². The average molecular weight is 213 g/mol. The predicted octanol–water partition coefficient (Wildman–Crippen LogP) is -0.584. The Bertz CT molecular complexity index is 235. The van der Waals surface area contributed by atoms with Gasteiger partial charge in [0, 0.05) is 32.6 Å². The molecule has 0 atom stereocenters. The molecule has 0 radical (unpaired) electrons. The van der Waals surface area contributed by atoms with Gasteiger partial charge in [0.25, 0.3) is 0 Å². The van der Waals surface area contributed by atoms with Crippen LogP contribution in [0.2, 0.25) is 0 Å². The third-order valence-electron chi connectivity index (χ3n) is 2.57. The number of nitrogens with zero attached hydrogens (tertiary/aromatic N) is 2. The maximum absolute atomic E-state index is 11.5. The van der Waals surface area contributed by atoms with E-state index in [-0.39, 0.29) is 11.8 Å². The van der Waals surface area contributed by atoms with Gasteiger partial charge in [0.05, 0.1) is 6.54 Å². The molecule has 5 nitrogen and oxygen atoms in total. The van der Waals surface area contributed by atoms with Gasteiger partial charge in [0.2, 0.25) is 11.8 Å². The fraction of sp³-hybridized carbons (Fsp3) is 0.800. The summed E-state index contributed by atoms with van der Waals surface area (Å²) in [5.74, 6) is -0.0837. The zero-order valence-corrected chi connectivity index (χ0v) is 9.24. The Morgan fingerprint density at radius 2 is 1.80 bits per heavy atom. The third kappa shape index (κ3) is 3.87. The minimum absolute atomic E-state index is 0.219. The van der Waals surface area contributed by atoms with E-state index in [1.807, 2.05) is 16.7 Å². The molecule has 0 bridgehead atoms. The average Bonchev–Trinajstić information content (AvgIpc) is 2.18. The molecule has 1 aliphatic rings. The number of carbonyl (C=O) groups is 2. The van der Waals surface area contributed by atoms with E-state index in [4.69, 9.17) is 5.73 Å². The zero-order valence-electron chi connectivity index (χ0n) is 9.24. The van der Waals surface area contributed by atoms with E-state index in [1.54, 1.807) is 0 Å². The first kappa shape index (κ1) is 12.0. The van der Waals surface area contributed by atoms with Crippen molar-refractivity contribution in [2.24, 2.45) is 5.73 Å². The van der Waals surface area contributed by atoms with E-state index in [9.17, 15) is 9.59 Å². The van der Waals surface area contributed by atoms with Crippen LogP contribution in [-0.4, -0.2) is 54.3 Å². The molecular formula is C10H19N3O2. The molecule has 1 rings (SSSR count). The van der Waals surface area contributed by atoms with Crippen LogP contribution < -0.4 is 5.73 Å². The predicted molar refractivity (Wildman–Crippen MR) is 57.1 cm³/mol. The van der Waals surface area contributed by atoms with Crippen molar-refractivity contribution in [1.82, 2.24) is 9.80 Å². The number of piperazine rings is 1. The lowest BCUT2D eigenvalue weighted by Crippen LogP contribution is -2.50. The molecule has 0 aromatic rings. The van der Waals surface area contributed by atoms with Crippen LogP contribution in [0.5, 0.6) is 0 Å². The smallest absolute Gasteiger partial charge is 0.231 e. The second kappa shape index (κ2) is 5.70. The standard InChI is InChI=1S/C10H19N3O2/c1-2-3-10(15)13-6-4-12(5-7-13)8-9(11)14/h2-8H2,1H3,(H2,11,14). The Morgan fingerprint density at radius 1 is 1.20 bits per heavy atom. The molecule has 0 saturated carbocycles. The van der Waals surface area contributed by atoms with Gasteiger partial charge in [-0.15, -0.1) is 0 Å². The molecule has 0 unspecified atom stereocenters. The van der Waals surface area contributed by atoms with Crippen molar-refractivity contribution in [3.8, 4) is 0 Å².